The molecule has 190 valence electrons. The molecular weight excluding hydrogens is 464 g/mol. The van der Waals surface area contributed by atoms with E-state index < -0.39 is 24.2 Å². The number of hydrogen-bond donors (Lipinski definition) is 1. The van der Waals surface area contributed by atoms with Crippen LogP contribution in [0.4, 0.5) is 13.2 Å². The lowest BCUT2D eigenvalue weighted by atomic mass is 9.66. The number of unbranched alkanes of at least 4 members (excludes halogenated alkanes) is 2. The molecule has 0 spiro atoms. The van der Waals surface area contributed by atoms with Gasteiger partial charge < -0.3 is 14.4 Å². The molecule has 3 atom stereocenters. The molecule has 3 rings (SSSR count). The second-order valence-corrected chi connectivity index (χ2v) is 11.3. The molecule has 0 amide bonds. The number of carboxylic acids is 1. The normalized spacial score (nSPS) is 22.1. The zero-order valence-electron chi connectivity index (χ0n) is 20.6. The molecule has 1 aliphatic heterocycles. The highest BCUT2D eigenvalue weighted by molar-refractivity contribution is 7.31. The molecule has 0 saturated heterocycles. The maximum atomic E-state index is 12.4. The number of hydrogen-bond acceptors (Lipinski definition) is 3. The van der Waals surface area contributed by atoms with Gasteiger partial charge >= 0.3 is 12.1 Å². The largest absolute Gasteiger partial charge is 0.487 e. The Labute approximate surface area is 202 Å². The number of aliphatic carboxylic acids is 1. The highest BCUT2D eigenvalue weighted by atomic mass is 31.1. The molecule has 1 aliphatic carbocycles. The van der Waals surface area contributed by atoms with Crippen molar-refractivity contribution in [3.63, 3.8) is 0 Å². The number of ether oxygens (including phenoxy) is 1. The van der Waals surface area contributed by atoms with E-state index in [1.165, 1.54) is 0 Å². The molecule has 1 heterocycles. The predicted molar refractivity (Wildman–Crippen MR) is 129 cm³/mol. The van der Waals surface area contributed by atoms with Crippen LogP contribution in [0.5, 0.6) is 11.5 Å². The third-order valence-electron chi connectivity index (χ3n) is 7.31. The number of alkyl halides is 3. The summed E-state index contributed by atoms with van der Waals surface area (Å²) in [7, 11) is 0.216. The SMILES string of the molecule is CPOc1cc(C(C)(C)CCCCCC(F)(F)F)cc2c1C1CC(C(=O)O)=CCC1C(C)(C)O2. The van der Waals surface area contributed by atoms with Gasteiger partial charge in [0.2, 0.25) is 0 Å². The first kappa shape index (κ1) is 26.8. The average Bonchev–Trinajstić information content (AvgIpc) is 2.71. The van der Waals surface area contributed by atoms with E-state index in [2.05, 4.69) is 13.8 Å². The molecule has 2 aliphatic rings. The molecule has 0 aromatic heterocycles. The van der Waals surface area contributed by atoms with E-state index in [1.807, 2.05) is 38.7 Å². The van der Waals surface area contributed by atoms with Gasteiger partial charge in [0, 0.05) is 29.4 Å². The van der Waals surface area contributed by atoms with Crippen molar-refractivity contribution < 1.29 is 32.3 Å². The Hall–Kier alpha value is -1.75. The van der Waals surface area contributed by atoms with E-state index in [-0.39, 0.29) is 32.5 Å². The summed E-state index contributed by atoms with van der Waals surface area (Å²) in [5.74, 6) is 0.704. The van der Waals surface area contributed by atoms with E-state index in [0.29, 0.717) is 31.3 Å². The molecule has 1 aromatic rings. The molecule has 4 nitrogen and oxygen atoms in total. The van der Waals surface area contributed by atoms with E-state index in [1.54, 1.807) is 0 Å². The quantitative estimate of drug-likeness (QED) is 0.278. The Kier molecular flexibility index (Phi) is 7.96. The maximum absolute atomic E-state index is 12.4. The summed E-state index contributed by atoms with van der Waals surface area (Å²) in [5.41, 5.74) is 1.65. The van der Waals surface area contributed by atoms with Crippen LogP contribution in [0, 0.1) is 5.92 Å². The van der Waals surface area contributed by atoms with Crippen LogP contribution < -0.4 is 9.26 Å². The summed E-state index contributed by atoms with van der Waals surface area (Å²) >= 11 is 0. The Morgan fingerprint density at radius 2 is 1.88 bits per heavy atom. The minimum atomic E-state index is -4.10. The first-order valence-corrected chi connectivity index (χ1v) is 13.4. The van der Waals surface area contributed by atoms with Gasteiger partial charge in [0.25, 0.3) is 0 Å². The standard InChI is InChI=1S/C26H36F3O4P/c1-24(2,11-7-6-8-12-26(27,28)29)17-14-20-22(21(15-17)33-34-5)18-13-16(23(30)31)9-10-19(18)25(3,4)32-20/h9,14-15,18-19,34H,6-8,10-13H2,1-5H3,(H,30,31). The number of carboxylic acid groups (broad SMARTS) is 1. The van der Waals surface area contributed by atoms with E-state index in [4.69, 9.17) is 9.26 Å². The summed E-state index contributed by atoms with van der Waals surface area (Å²) in [5, 5.41) is 9.60. The lowest BCUT2D eigenvalue weighted by molar-refractivity contribution is -0.136. The first-order chi connectivity index (χ1) is 15.7. The van der Waals surface area contributed by atoms with Gasteiger partial charge in [0.15, 0.2) is 0 Å². The fourth-order valence-corrected chi connectivity index (χ4v) is 5.74. The van der Waals surface area contributed by atoms with Gasteiger partial charge in [-0.1, -0.05) is 32.8 Å². The van der Waals surface area contributed by atoms with Gasteiger partial charge in [-0.15, -0.1) is 0 Å². The number of fused-ring (bicyclic) bond motifs is 3. The zero-order chi connectivity index (χ0) is 25.3. The highest BCUT2D eigenvalue weighted by Crippen LogP contribution is 2.55. The summed E-state index contributed by atoms with van der Waals surface area (Å²) in [6.45, 7) is 10.2. The van der Waals surface area contributed by atoms with Crippen LogP contribution in [-0.2, 0) is 10.2 Å². The number of halogens is 3. The average molecular weight is 501 g/mol. The minimum absolute atomic E-state index is 0.0132. The topological polar surface area (TPSA) is 55.8 Å². The fraction of sp³-hybridized carbons (Fsp3) is 0.654. The van der Waals surface area contributed by atoms with Crippen LogP contribution >= 0.6 is 8.81 Å². The van der Waals surface area contributed by atoms with Crippen molar-refractivity contribution in [1.29, 1.82) is 0 Å². The zero-order valence-corrected chi connectivity index (χ0v) is 21.6. The monoisotopic (exact) mass is 500 g/mol. The van der Waals surface area contributed by atoms with Gasteiger partial charge in [-0.05, 0) is 69.3 Å². The lowest BCUT2D eigenvalue weighted by Crippen LogP contribution is -2.46. The molecular formula is C26H36F3O4P. The molecule has 0 radical (unpaired) electrons. The van der Waals surface area contributed by atoms with Gasteiger partial charge in [-0.3, -0.25) is 0 Å². The van der Waals surface area contributed by atoms with Crippen LogP contribution in [0.25, 0.3) is 0 Å². The van der Waals surface area contributed by atoms with Gasteiger partial charge in [-0.2, -0.15) is 13.2 Å². The van der Waals surface area contributed by atoms with Crippen LogP contribution in [0.2, 0.25) is 0 Å². The molecule has 0 saturated carbocycles. The molecule has 8 heteroatoms. The number of carbonyl (C=O) groups is 1. The predicted octanol–water partition coefficient (Wildman–Crippen LogP) is 7.75. The van der Waals surface area contributed by atoms with Crippen molar-refractivity contribution in [3.05, 3.63) is 34.9 Å². The van der Waals surface area contributed by atoms with Crippen molar-refractivity contribution in [3.8, 4) is 11.5 Å². The van der Waals surface area contributed by atoms with E-state index >= 15 is 0 Å². The smallest absolute Gasteiger partial charge is 0.389 e. The number of benzene rings is 1. The second-order valence-electron chi connectivity index (χ2n) is 10.6. The molecule has 1 aromatic carbocycles. The summed E-state index contributed by atoms with van der Waals surface area (Å²) in [4.78, 5) is 11.7. The van der Waals surface area contributed by atoms with Crippen molar-refractivity contribution in [1.82, 2.24) is 0 Å². The summed E-state index contributed by atoms with van der Waals surface area (Å²) in [6, 6.07) is 4.07. The Balaban J connectivity index is 1.90. The van der Waals surface area contributed by atoms with Gasteiger partial charge in [-0.25, -0.2) is 4.79 Å². The molecule has 1 N–H and O–H groups in total. The molecule has 3 unspecified atom stereocenters. The van der Waals surface area contributed by atoms with Crippen LogP contribution in [-0.4, -0.2) is 29.5 Å². The molecule has 0 bridgehead atoms. The number of rotatable bonds is 9. The summed E-state index contributed by atoms with van der Waals surface area (Å²) < 4.78 is 49.9. The van der Waals surface area contributed by atoms with E-state index in [0.717, 1.165) is 29.0 Å². The Morgan fingerprint density at radius 3 is 2.50 bits per heavy atom. The Bertz CT molecular complexity index is 937. The van der Waals surface area contributed by atoms with Crippen molar-refractivity contribution >= 4 is 14.8 Å². The highest BCUT2D eigenvalue weighted by Gasteiger charge is 2.47. The van der Waals surface area contributed by atoms with Gasteiger partial charge in [0.05, 0.1) is 8.81 Å². The molecule has 34 heavy (non-hydrogen) atoms. The maximum Gasteiger partial charge on any atom is 0.389 e. The fourth-order valence-electron chi connectivity index (χ4n) is 5.35. The van der Waals surface area contributed by atoms with Crippen molar-refractivity contribution in [2.75, 3.05) is 6.66 Å². The van der Waals surface area contributed by atoms with Crippen LogP contribution in [0.15, 0.2) is 23.8 Å². The Morgan fingerprint density at radius 1 is 1.21 bits per heavy atom. The third-order valence-corrected chi connectivity index (χ3v) is 7.74. The minimum Gasteiger partial charge on any atom is -0.487 e. The van der Waals surface area contributed by atoms with Gasteiger partial charge in [0.1, 0.15) is 17.1 Å². The summed E-state index contributed by atoms with van der Waals surface area (Å²) in [6.07, 6.45) is 0.188. The second kappa shape index (κ2) is 10.1. The van der Waals surface area contributed by atoms with Crippen molar-refractivity contribution in [2.24, 2.45) is 5.92 Å². The molecule has 0 fully saturated rings. The van der Waals surface area contributed by atoms with Crippen LogP contribution in [0.3, 0.4) is 0 Å². The van der Waals surface area contributed by atoms with Crippen molar-refractivity contribution in [2.45, 2.75) is 95.8 Å². The third kappa shape index (κ3) is 6.08. The van der Waals surface area contributed by atoms with E-state index in [9.17, 15) is 23.1 Å². The van der Waals surface area contributed by atoms with Crippen LogP contribution in [0.1, 0.15) is 89.7 Å². The first-order valence-electron chi connectivity index (χ1n) is 12.0. The number of allylic oxidation sites excluding steroid dienone is 1. The lowest BCUT2D eigenvalue weighted by Gasteiger charge is -2.47.